The molecule has 1 aliphatic heterocycles. The molecule has 0 aromatic carbocycles. The minimum Gasteiger partial charge on any atom is -0.359 e. The number of halogens is 1. The molecule has 1 heterocycles. The Kier molecular flexibility index (Phi) is 10.0. The van der Waals surface area contributed by atoms with Gasteiger partial charge in [-0.1, -0.05) is 20.8 Å². The maximum atomic E-state index is 11.4. The van der Waals surface area contributed by atoms with Crippen LogP contribution >= 0.6 is 24.0 Å². The van der Waals surface area contributed by atoms with Crippen molar-refractivity contribution in [3.8, 4) is 0 Å². The van der Waals surface area contributed by atoms with Gasteiger partial charge in [-0.3, -0.25) is 9.79 Å². The van der Waals surface area contributed by atoms with Crippen LogP contribution in [0.4, 0.5) is 0 Å². The first-order valence-electron chi connectivity index (χ1n) is 8.02. The Labute approximate surface area is 152 Å². The van der Waals surface area contributed by atoms with Crippen LogP contribution in [0, 0.1) is 11.3 Å². The Morgan fingerprint density at radius 2 is 1.86 bits per heavy atom. The summed E-state index contributed by atoms with van der Waals surface area (Å²) < 4.78 is 0. The van der Waals surface area contributed by atoms with Crippen LogP contribution in [0.1, 0.15) is 46.5 Å². The number of hydrogen-bond acceptors (Lipinski definition) is 2. The zero-order valence-corrected chi connectivity index (χ0v) is 17.1. The molecule has 1 amide bonds. The quantitative estimate of drug-likeness (QED) is 0.414. The zero-order valence-electron chi connectivity index (χ0n) is 14.7. The van der Waals surface area contributed by atoms with E-state index in [2.05, 4.69) is 41.3 Å². The second-order valence-corrected chi connectivity index (χ2v) is 7.09. The van der Waals surface area contributed by atoms with Gasteiger partial charge in [0.1, 0.15) is 0 Å². The smallest absolute Gasteiger partial charge is 0.220 e. The fourth-order valence-electron chi connectivity index (χ4n) is 2.59. The lowest BCUT2D eigenvalue weighted by Gasteiger charge is -2.34. The van der Waals surface area contributed by atoms with Crippen molar-refractivity contribution in [2.24, 2.45) is 16.3 Å². The third-order valence-electron chi connectivity index (χ3n) is 4.04. The number of guanidine groups is 1. The third kappa shape index (κ3) is 8.19. The normalized spacial score (nSPS) is 17.0. The number of nitrogens with one attached hydrogen (secondary N) is 2. The number of carbonyl (C=O) groups is 1. The maximum Gasteiger partial charge on any atom is 0.220 e. The van der Waals surface area contributed by atoms with Crippen LogP contribution in [0.25, 0.3) is 0 Å². The van der Waals surface area contributed by atoms with E-state index in [-0.39, 0.29) is 29.9 Å². The Bertz CT molecular complexity index is 358. The molecule has 130 valence electrons. The van der Waals surface area contributed by atoms with E-state index in [4.69, 9.17) is 0 Å². The van der Waals surface area contributed by atoms with Gasteiger partial charge in [-0.2, -0.15) is 0 Å². The number of rotatable bonds is 4. The van der Waals surface area contributed by atoms with Crippen molar-refractivity contribution in [1.29, 1.82) is 0 Å². The lowest BCUT2D eigenvalue weighted by Crippen LogP contribution is -2.46. The average molecular weight is 424 g/mol. The summed E-state index contributed by atoms with van der Waals surface area (Å²) in [6.07, 6.45) is 3.90. The minimum atomic E-state index is 0. The predicted molar refractivity (Wildman–Crippen MR) is 104 cm³/mol. The Balaban J connectivity index is 0.00000441. The van der Waals surface area contributed by atoms with E-state index in [0.29, 0.717) is 17.8 Å². The van der Waals surface area contributed by atoms with Crippen LogP contribution in [-0.2, 0) is 4.79 Å². The fraction of sp³-hybridized carbons (Fsp3) is 0.875. The van der Waals surface area contributed by atoms with Gasteiger partial charge in [-0.25, -0.2) is 0 Å². The molecule has 0 aromatic rings. The summed E-state index contributed by atoms with van der Waals surface area (Å²) in [7, 11) is 3.55. The standard InChI is InChI=1S/C16H32N4O.HI/c1-16(2,3)8-9-19-15(18-5)20-10-6-13(7-11-20)12-14(21)17-4;/h13H,6-12H2,1-5H3,(H,17,21)(H,18,19);1H. The van der Waals surface area contributed by atoms with Crippen LogP contribution in [0.5, 0.6) is 0 Å². The van der Waals surface area contributed by atoms with Gasteiger partial charge in [0.2, 0.25) is 5.91 Å². The first kappa shape index (κ1) is 21.5. The van der Waals surface area contributed by atoms with Gasteiger partial charge in [0.15, 0.2) is 5.96 Å². The molecule has 0 saturated carbocycles. The van der Waals surface area contributed by atoms with Crippen molar-refractivity contribution in [3.05, 3.63) is 0 Å². The molecule has 22 heavy (non-hydrogen) atoms. The number of hydrogen-bond donors (Lipinski definition) is 2. The summed E-state index contributed by atoms with van der Waals surface area (Å²) in [5.74, 6) is 1.66. The van der Waals surface area contributed by atoms with Crippen molar-refractivity contribution in [2.75, 3.05) is 33.7 Å². The summed E-state index contributed by atoms with van der Waals surface area (Å²) in [5, 5.41) is 6.17. The monoisotopic (exact) mass is 424 g/mol. The highest BCUT2D eigenvalue weighted by Crippen LogP contribution is 2.21. The highest BCUT2D eigenvalue weighted by molar-refractivity contribution is 14.0. The van der Waals surface area contributed by atoms with Crippen LogP contribution in [0.15, 0.2) is 4.99 Å². The van der Waals surface area contributed by atoms with Crippen molar-refractivity contribution >= 4 is 35.8 Å². The fourth-order valence-corrected chi connectivity index (χ4v) is 2.59. The number of amides is 1. The van der Waals surface area contributed by atoms with Crippen molar-refractivity contribution in [1.82, 2.24) is 15.5 Å². The molecule has 2 N–H and O–H groups in total. The van der Waals surface area contributed by atoms with E-state index in [0.717, 1.165) is 44.9 Å². The maximum absolute atomic E-state index is 11.4. The molecule has 5 nitrogen and oxygen atoms in total. The molecule has 0 bridgehead atoms. The molecular weight excluding hydrogens is 391 g/mol. The summed E-state index contributed by atoms with van der Waals surface area (Å²) in [6, 6.07) is 0. The number of aliphatic imine (C=N–C) groups is 1. The molecular formula is C16H33IN4O. The molecule has 1 rings (SSSR count). The summed E-state index contributed by atoms with van der Waals surface area (Å²) >= 11 is 0. The lowest BCUT2D eigenvalue weighted by molar-refractivity contribution is -0.121. The molecule has 0 aliphatic carbocycles. The highest BCUT2D eigenvalue weighted by atomic mass is 127. The second-order valence-electron chi connectivity index (χ2n) is 7.09. The van der Waals surface area contributed by atoms with E-state index in [1.165, 1.54) is 0 Å². The zero-order chi connectivity index (χ0) is 15.9. The van der Waals surface area contributed by atoms with Crippen LogP contribution in [0.2, 0.25) is 0 Å². The van der Waals surface area contributed by atoms with Crippen LogP contribution in [-0.4, -0.2) is 50.5 Å². The molecule has 1 aliphatic rings. The molecule has 0 unspecified atom stereocenters. The van der Waals surface area contributed by atoms with E-state index in [9.17, 15) is 4.79 Å². The summed E-state index contributed by atoms with van der Waals surface area (Å²) in [4.78, 5) is 18.1. The lowest BCUT2D eigenvalue weighted by atomic mass is 9.92. The van der Waals surface area contributed by atoms with Gasteiger partial charge in [-0.15, -0.1) is 24.0 Å². The molecule has 0 spiro atoms. The van der Waals surface area contributed by atoms with Gasteiger partial charge >= 0.3 is 0 Å². The first-order chi connectivity index (χ1) is 9.85. The molecule has 6 heteroatoms. The van der Waals surface area contributed by atoms with Gasteiger partial charge in [0.25, 0.3) is 0 Å². The second kappa shape index (κ2) is 10.3. The number of nitrogens with zero attached hydrogens (tertiary/aromatic N) is 2. The van der Waals surface area contributed by atoms with Crippen LogP contribution < -0.4 is 10.6 Å². The first-order valence-corrected chi connectivity index (χ1v) is 8.02. The van der Waals surface area contributed by atoms with E-state index >= 15 is 0 Å². The minimum absolute atomic E-state index is 0. The Hall–Kier alpha value is -0.530. The van der Waals surface area contributed by atoms with E-state index in [1.807, 2.05) is 7.05 Å². The molecule has 1 saturated heterocycles. The van der Waals surface area contributed by atoms with Crippen molar-refractivity contribution in [3.63, 3.8) is 0 Å². The van der Waals surface area contributed by atoms with Crippen LogP contribution in [0.3, 0.4) is 0 Å². The Morgan fingerprint density at radius 3 is 2.32 bits per heavy atom. The predicted octanol–water partition coefficient (Wildman–Crippen LogP) is 2.46. The third-order valence-corrected chi connectivity index (χ3v) is 4.04. The van der Waals surface area contributed by atoms with Crippen molar-refractivity contribution in [2.45, 2.75) is 46.5 Å². The SMILES string of the molecule is CN=C(NCCC(C)(C)C)N1CCC(CC(=O)NC)CC1.I. The van der Waals surface area contributed by atoms with Gasteiger partial charge in [-0.05, 0) is 30.6 Å². The highest BCUT2D eigenvalue weighted by Gasteiger charge is 2.23. The number of piperidine rings is 1. The topological polar surface area (TPSA) is 56.7 Å². The summed E-state index contributed by atoms with van der Waals surface area (Å²) in [5.41, 5.74) is 0.340. The Morgan fingerprint density at radius 1 is 1.27 bits per heavy atom. The average Bonchev–Trinajstić information content (AvgIpc) is 2.43. The van der Waals surface area contributed by atoms with E-state index < -0.39 is 0 Å². The van der Waals surface area contributed by atoms with Gasteiger partial charge in [0, 0.05) is 40.2 Å². The van der Waals surface area contributed by atoms with Crippen molar-refractivity contribution < 1.29 is 4.79 Å². The van der Waals surface area contributed by atoms with Gasteiger partial charge in [0.05, 0.1) is 0 Å². The van der Waals surface area contributed by atoms with Gasteiger partial charge < -0.3 is 15.5 Å². The number of carbonyl (C=O) groups excluding carboxylic acids is 1. The molecule has 0 radical (unpaired) electrons. The summed E-state index contributed by atoms with van der Waals surface area (Å²) in [6.45, 7) is 9.67. The number of likely N-dealkylation sites (tertiary alicyclic amines) is 1. The molecule has 0 aromatic heterocycles. The molecule has 0 atom stereocenters. The van der Waals surface area contributed by atoms with E-state index in [1.54, 1.807) is 7.05 Å². The molecule has 1 fully saturated rings. The largest absolute Gasteiger partial charge is 0.359 e.